The van der Waals surface area contributed by atoms with Crippen LogP contribution in [0.5, 0.6) is 5.75 Å². The Balaban J connectivity index is 1.60. The van der Waals surface area contributed by atoms with Crippen LogP contribution in [0.4, 0.5) is 10.1 Å². The molecule has 0 saturated carbocycles. The summed E-state index contributed by atoms with van der Waals surface area (Å²) in [6, 6.07) is 10.7. The number of fused-ring (bicyclic) bond motifs is 1. The van der Waals surface area contributed by atoms with Crippen molar-refractivity contribution in [3.63, 3.8) is 0 Å². The van der Waals surface area contributed by atoms with E-state index in [2.05, 4.69) is 5.32 Å². The predicted octanol–water partition coefficient (Wildman–Crippen LogP) is 2.47. The number of benzene rings is 2. The van der Waals surface area contributed by atoms with E-state index in [-0.39, 0.29) is 24.2 Å². The average Bonchev–Trinajstić information content (AvgIpc) is 2.58. The first-order valence-electron chi connectivity index (χ1n) is 7.59. The molecule has 0 atom stereocenters. The second kappa shape index (κ2) is 6.70. The van der Waals surface area contributed by atoms with Crippen LogP contribution in [0.1, 0.15) is 15.9 Å². The monoisotopic (exact) mass is 328 g/mol. The third-order valence-corrected chi connectivity index (χ3v) is 3.87. The van der Waals surface area contributed by atoms with Gasteiger partial charge in [-0.3, -0.25) is 9.59 Å². The van der Waals surface area contributed by atoms with E-state index in [1.807, 2.05) is 6.07 Å². The first kappa shape index (κ1) is 16.0. The van der Waals surface area contributed by atoms with E-state index >= 15 is 0 Å². The number of hydrogen-bond acceptors (Lipinski definition) is 3. The van der Waals surface area contributed by atoms with Crippen molar-refractivity contribution in [1.29, 1.82) is 0 Å². The van der Waals surface area contributed by atoms with E-state index in [1.54, 1.807) is 24.1 Å². The molecule has 2 aromatic rings. The highest BCUT2D eigenvalue weighted by Crippen LogP contribution is 2.22. The van der Waals surface area contributed by atoms with E-state index in [0.29, 0.717) is 23.5 Å². The van der Waals surface area contributed by atoms with Gasteiger partial charge in [0, 0.05) is 24.8 Å². The second-order valence-electron chi connectivity index (χ2n) is 5.64. The van der Waals surface area contributed by atoms with Crippen LogP contribution in [0.25, 0.3) is 0 Å². The lowest BCUT2D eigenvalue weighted by atomic mass is 9.99. The molecular formula is C18H17FN2O3. The first-order valence-corrected chi connectivity index (χ1v) is 7.59. The summed E-state index contributed by atoms with van der Waals surface area (Å²) in [5, 5.41) is 2.74. The molecule has 0 aromatic heterocycles. The number of ether oxygens (including phenoxy) is 1. The normalized spacial score (nSPS) is 13.4. The highest BCUT2D eigenvalue weighted by molar-refractivity contribution is 5.98. The number of carbonyl (C=O) groups excluding carboxylic acids is 2. The molecular weight excluding hydrogens is 311 g/mol. The fraction of sp³-hybridized carbons (Fsp3) is 0.222. The lowest BCUT2D eigenvalue weighted by molar-refractivity contribution is -0.118. The van der Waals surface area contributed by atoms with Crippen LogP contribution >= 0.6 is 0 Å². The summed E-state index contributed by atoms with van der Waals surface area (Å²) in [5.41, 5.74) is 2.22. The van der Waals surface area contributed by atoms with E-state index < -0.39 is 0 Å². The quantitative estimate of drug-likeness (QED) is 0.938. The molecule has 1 N–H and O–H groups in total. The molecule has 5 nitrogen and oxygen atoms in total. The predicted molar refractivity (Wildman–Crippen MR) is 87.6 cm³/mol. The Morgan fingerprint density at radius 1 is 1.25 bits per heavy atom. The molecule has 6 heteroatoms. The number of halogens is 1. The van der Waals surface area contributed by atoms with Gasteiger partial charge in [-0.15, -0.1) is 0 Å². The minimum atomic E-state index is -0.360. The largest absolute Gasteiger partial charge is 0.484 e. The summed E-state index contributed by atoms with van der Waals surface area (Å²) in [6.07, 6.45) is 0.757. The number of nitrogens with one attached hydrogen (secondary N) is 1. The Kier molecular flexibility index (Phi) is 4.46. The third-order valence-electron chi connectivity index (χ3n) is 3.87. The van der Waals surface area contributed by atoms with Gasteiger partial charge in [0.05, 0.1) is 0 Å². The van der Waals surface area contributed by atoms with Gasteiger partial charge in [-0.25, -0.2) is 4.39 Å². The van der Waals surface area contributed by atoms with Crippen molar-refractivity contribution in [3.8, 4) is 5.75 Å². The molecule has 2 aromatic carbocycles. The van der Waals surface area contributed by atoms with E-state index in [9.17, 15) is 14.0 Å². The van der Waals surface area contributed by atoms with Gasteiger partial charge < -0.3 is 15.0 Å². The Bertz CT molecular complexity index is 774. The van der Waals surface area contributed by atoms with Crippen molar-refractivity contribution in [3.05, 3.63) is 59.4 Å². The second-order valence-corrected chi connectivity index (χ2v) is 5.64. The van der Waals surface area contributed by atoms with Gasteiger partial charge in [0.25, 0.3) is 11.8 Å². The average molecular weight is 328 g/mol. The molecule has 1 aliphatic heterocycles. The van der Waals surface area contributed by atoms with Crippen LogP contribution in [0.15, 0.2) is 42.5 Å². The number of likely N-dealkylation sites (N-methyl/N-ethyl adjacent to an activating group) is 1. The van der Waals surface area contributed by atoms with Crippen LogP contribution in [0.2, 0.25) is 0 Å². The smallest absolute Gasteiger partial charge is 0.262 e. The maximum absolute atomic E-state index is 12.8. The Morgan fingerprint density at radius 3 is 2.75 bits per heavy atom. The fourth-order valence-corrected chi connectivity index (χ4v) is 2.56. The first-order chi connectivity index (χ1) is 11.5. The van der Waals surface area contributed by atoms with Crippen LogP contribution < -0.4 is 10.1 Å². The summed E-state index contributed by atoms with van der Waals surface area (Å²) in [7, 11) is 1.77. The van der Waals surface area contributed by atoms with Crippen molar-refractivity contribution in [2.75, 3.05) is 25.5 Å². The third kappa shape index (κ3) is 3.53. The Labute approximate surface area is 139 Å². The molecule has 0 unspecified atom stereocenters. The summed E-state index contributed by atoms with van der Waals surface area (Å²) in [5.74, 6) is -0.265. The molecule has 1 aliphatic rings. The molecule has 124 valence electrons. The van der Waals surface area contributed by atoms with Gasteiger partial charge in [-0.2, -0.15) is 0 Å². The van der Waals surface area contributed by atoms with E-state index in [4.69, 9.17) is 4.74 Å². The number of hydrogen-bond donors (Lipinski definition) is 1. The SMILES string of the molecule is CN1CCc2cc(NC(=O)COc3ccc(F)cc3)ccc2C1=O. The van der Waals surface area contributed by atoms with Crippen molar-refractivity contribution in [2.24, 2.45) is 0 Å². The zero-order chi connectivity index (χ0) is 17.1. The maximum atomic E-state index is 12.8. The fourth-order valence-electron chi connectivity index (χ4n) is 2.56. The van der Waals surface area contributed by atoms with Gasteiger partial charge >= 0.3 is 0 Å². The maximum Gasteiger partial charge on any atom is 0.262 e. The molecule has 2 amide bonds. The van der Waals surface area contributed by atoms with Crippen LogP contribution in [0.3, 0.4) is 0 Å². The highest BCUT2D eigenvalue weighted by atomic mass is 19.1. The number of rotatable bonds is 4. The Morgan fingerprint density at radius 2 is 2.00 bits per heavy atom. The van der Waals surface area contributed by atoms with Gasteiger partial charge in [-0.05, 0) is 54.4 Å². The molecule has 3 rings (SSSR count). The van der Waals surface area contributed by atoms with E-state index in [0.717, 1.165) is 12.0 Å². The van der Waals surface area contributed by atoms with Crippen molar-refractivity contribution >= 4 is 17.5 Å². The van der Waals surface area contributed by atoms with Gasteiger partial charge in [0.2, 0.25) is 0 Å². The van der Waals surface area contributed by atoms with Crippen molar-refractivity contribution in [2.45, 2.75) is 6.42 Å². The van der Waals surface area contributed by atoms with Crippen molar-refractivity contribution in [1.82, 2.24) is 4.90 Å². The van der Waals surface area contributed by atoms with Gasteiger partial charge in [0.15, 0.2) is 6.61 Å². The zero-order valence-corrected chi connectivity index (χ0v) is 13.2. The summed E-state index contributed by atoms with van der Waals surface area (Å²) in [6.45, 7) is 0.487. The van der Waals surface area contributed by atoms with Crippen LogP contribution in [-0.2, 0) is 11.2 Å². The zero-order valence-electron chi connectivity index (χ0n) is 13.2. The summed E-state index contributed by atoms with van der Waals surface area (Å²) in [4.78, 5) is 25.7. The molecule has 0 bridgehead atoms. The van der Waals surface area contributed by atoms with Crippen LogP contribution in [-0.4, -0.2) is 36.9 Å². The summed E-state index contributed by atoms with van der Waals surface area (Å²) < 4.78 is 18.1. The molecule has 0 fully saturated rings. The lowest BCUT2D eigenvalue weighted by Gasteiger charge is -2.25. The topological polar surface area (TPSA) is 58.6 Å². The molecule has 0 spiro atoms. The molecule has 0 saturated heterocycles. The van der Waals surface area contributed by atoms with Gasteiger partial charge in [-0.1, -0.05) is 0 Å². The van der Waals surface area contributed by atoms with E-state index in [1.165, 1.54) is 24.3 Å². The van der Waals surface area contributed by atoms with Crippen LogP contribution in [0, 0.1) is 5.82 Å². The summed E-state index contributed by atoms with van der Waals surface area (Å²) >= 11 is 0. The number of carbonyl (C=O) groups is 2. The molecule has 1 heterocycles. The molecule has 24 heavy (non-hydrogen) atoms. The highest BCUT2D eigenvalue weighted by Gasteiger charge is 2.21. The van der Waals surface area contributed by atoms with Gasteiger partial charge in [0.1, 0.15) is 11.6 Å². The van der Waals surface area contributed by atoms with Crippen molar-refractivity contribution < 1.29 is 18.7 Å². The number of nitrogens with zero attached hydrogens (tertiary/aromatic N) is 1. The minimum absolute atomic E-state index is 0.00577. The molecule has 0 radical (unpaired) electrons. The Hall–Kier alpha value is -2.89. The number of amides is 2. The minimum Gasteiger partial charge on any atom is -0.484 e. The number of anilines is 1. The molecule has 0 aliphatic carbocycles. The lowest BCUT2D eigenvalue weighted by Crippen LogP contribution is -2.34. The standard InChI is InChI=1S/C18H17FN2O3/c1-21-9-8-12-10-14(4-7-16(12)18(21)23)20-17(22)11-24-15-5-2-13(19)3-6-15/h2-7,10H,8-9,11H2,1H3,(H,20,22).